The number of amides is 1. The Bertz CT molecular complexity index is 80.9. The first-order valence-corrected chi connectivity index (χ1v) is 1.87. The molecule has 0 aromatic rings. The molecule has 1 fully saturated rings. The van der Waals surface area contributed by atoms with Gasteiger partial charge in [0.05, 0.1) is 6.54 Å². The Kier molecular flexibility index (Phi) is 0.645. The summed E-state index contributed by atoms with van der Waals surface area (Å²) in [5, 5.41) is 9.68. The quantitative estimate of drug-likeness (QED) is 0.283. The van der Waals surface area contributed by atoms with Gasteiger partial charge in [-0.3, -0.25) is 0 Å². The summed E-state index contributed by atoms with van der Waals surface area (Å²) in [5.41, 5.74) is 0. The molecule has 1 atom stereocenters. The van der Waals surface area contributed by atoms with Gasteiger partial charge in [0.15, 0.2) is 0 Å². The van der Waals surface area contributed by atoms with Crippen molar-refractivity contribution in [1.29, 1.82) is 0 Å². The van der Waals surface area contributed by atoms with E-state index in [-0.39, 0.29) is 11.0 Å². The Labute approximate surface area is 35.1 Å². The first-order chi connectivity index (χ1) is 2.80. The molecule has 0 radical (unpaired) electrons. The van der Waals surface area contributed by atoms with Crippen LogP contribution in [0.25, 0.3) is 0 Å². The summed E-state index contributed by atoms with van der Waals surface area (Å²) < 4.78 is 0. The zero-order valence-corrected chi connectivity index (χ0v) is 3.23. The van der Waals surface area contributed by atoms with Crippen molar-refractivity contribution in [2.75, 3.05) is 6.54 Å². The van der Waals surface area contributed by atoms with Gasteiger partial charge in [-0.2, -0.15) is 0 Å². The Morgan fingerprint density at radius 1 is 1.83 bits per heavy atom. The number of hydrogen-bond acceptors (Lipinski definition) is 2. The van der Waals surface area contributed by atoms with Crippen LogP contribution in [0.15, 0.2) is 0 Å². The molecule has 1 rings (SSSR count). The van der Waals surface area contributed by atoms with Crippen molar-refractivity contribution < 1.29 is 9.86 Å². The summed E-state index contributed by atoms with van der Waals surface area (Å²) in [6, 6.07) is 0. The van der Waals surface area contributed by atoms with E-state index in [2.05, 4.69) is 0 Å². The number of hydrogen-bond donors (Lipinski definition) is 1. The van der Waals surface area contributed by atoms with Crippen LogP contribution in [0.1, 0.15) is 6.42 Å². The normalized spacial score (nSPS) is 32.8. The van der Waals surface area contributed by atoms with Crippen molar-refractivity contribution in [3.8, 4) is 0 Å². The fourth-order valence-electron chi connectivity index (χ4n) is 0.329. The summed E-state index contributed by atoms with van der Waals surface area (Å²) in [5.74, 6) is -0.199. The summed E-state index contributed by atoms with van der Waals surface area (Å²) in [7, 11) is 0. The number of rotatable bonds is 0. The SMILES string of the molecule is O=C1CC[NH+]1[O-]. The van der Waals surface area contributed by atoms with Gasteiger partial charge in [0, 0.05) is 0 Å². The highest BCUT2D eigenvalue weighted by Crippen LogP contribution is 1.77. The smallest absolute Gasteiger partial charge is 0.317 e. The topological polar surface area (TPSA) is 44.6 Å². The second-order valence-corrected chi connectivity index (χ2v) is 1.35. The van der Waals surface area contributed by atoms with Gasteiger partial charge in [-0.05, 0) is 0 Å². The minimum absolute atomic E-state index is 0.199. The zero-order valence-electron chi connectivity index (χ0n) is 3.23. The van der Waals surface area contributed by atoms with E-state index in [0.717, 1.165) is 0 Å². The Balaban J connectivity index is 2.39. The van der Waals surface area contributed by atoms with Crippen molar-refractivity contribution in [1.82, 2.24) is 0 Å². The molecule has 0 aromatic heterocycles. The van der Waals surface area contributed by atoms with E-state index in [1.165, 1.54) is 0 Å². The predicted molar refractivity (Wildman–Crippen MR) is 18.8 cm³/mol. The number of carbonyl (C=O) groups is 1. The van der Waals surface area contributed by atoms with E-state index < -0.39 is 0 Å². The first-order valence-electron chi connectivity index (χ1n) is 1.87. The maximum atomic E-state index is 9.88. The molecule has 1 aliphatic rings. The summed E-state index contributed by atoms with van der Waals surface area (Å²) in [4.78, 5) is 9.88. The van der Waals surface area contributed by atoms with Crippen molar-refractivity contribution in [2.45, 2.75) is 6.42 Å². The van der Waals surface area contributed by atoms with Crippen LogP contribution in [0, 0.1) is 5.21 Å². The third kappa shape index (κ3) is 0.326. The maximum absolute atomic E-state index is 9.88. The molecule has 1 unspecified atom stereocenters. The molecule has 0 bridgehead atoms. The van der Waals surface area contributed by atoms with Gasteiger partial charge >= 0.3 is 5.91 Å². The summed E-state index contributed by atoms with van der Waals surface area (Å²) in [6.07, 6.45) is 0.485. The lowest BCUT2D eigenvalue weighted by Gasteiger charge is -2.26. The molecule has 1 N–H and O–H groups in total. The predicted octanol–water partition coefficient (Wildman–Crippen LogP) is -1.70. The van der Waals surface area contributed by atoms with Crippen LogP contribution in [-0.2, 0) is 4.79 Å². The first kappa shape index (κ1) is 3.77. The van der Waals surface area contributed by atoms with Crippen LogP contribution in [0.2, 0.25) is 0 Å². The molecule has 1 aliphatic heterocycles. The fourth-order valence-corrected chi connectivity index (χ4v) is 0.329. The van der Waals surface area contributed by atoms with Crippen molar-refractivity contribution in [3.63, 3.8) is 0 Å². The molecule has 34 valence electrons. The number of nitrogens with one attached hydrogen (secondary N) is 1. The van der Waals surface area contributed by atoms with Crippen molar-refractivity contribution >= 4 is 5.91 Å². The molecule has 3 heteroatoms. The second kappa shape index (κ2) is 1.03. The standard InChI is InChI=1S/C3H5NO2/c5-3-1-2-4(3)6/h4H,1-2H2. The summed E-state index contributed by atoms with van der Waals surface area (Å²) in [6.45, 7) is 0.485. The highest BCUT2D eigenvalue weighted by atomic mass is 16.5. The van der Waals surface area contributed by atoms with Crippen LogP contribution < -0.4 is 5.06 Å². The van der Waals surface area contributed by atoms with E-state index in [1.807, 2.05) is 0 Å². The largest absolute Gasteiger partial charge is 0.627 e. The number of quaternary nitrogens is 1. The molecule has 1 saturated heterocycles. The molecule has 3 nitrogen and oxygen atoms in total. The Morgan fingerprint density at radius 3 is 2.33 bits per heavy atom. The van der Waals surface area contributed by atoms with Gasteiger partial charge < -0.3 is 10.3 Å². The van der Waals surface area contributed by atoms with Crippen LogP contribution in [0.5, 0.6) is 0 Å². The van der Waals surface area contributed by atoms with Crippen LogP contribution >= 0.6 is 0 Å². The monoisotopic (exact) mass is 87.0 g/mol. The lowest BCUT2D eigenvalue weighted by atomic mass is 10.3. The van der Waals surface area contributed by atoms with Crippen LogP contribution in [0.4, 0.5) is 0 Å². The highest BCUT2D eigenvalue weighted by molar-refractivity contribution is 5.70. The number of hydroxylamine groups is 2. The third-order valence-electron chi connectivity index (χ3n) is 0.890. The molecule has 6 heavy (non-hydrogen) atoms. The Hall–Kier alpha value is -0.410. The average Bonchev–Trinajstić information content (AvgIpc) is 1.61. The molecule has 0 aromatic carbocycles. The average molecular weight is 87.1 g/mol. The van der Waals surface area contributed by atoms with Crippen LogP contribution in [0.3, 0.4) is 0 Å². The number of carbonyl (C=O) groups excluding carboxylic acids is 1. The van der Waals surface area contributed by atoms with E-state index in [1.54, 1.807) is 0 Å². The van der Waals surface area contributed by atoms with E-state index in [4.69, 9.17) is 0 Å². The third-order valence-corrected chi connectivity index (χ3v) is 0.890. The zero-order chi connectivity index (χ0) is 4.57. The molecule has 1 heterocycles. The summed E-state index contributed by atoms with van der Waals surface area (Å²) >= 11 is 0. The van der Waals surface area contributed by atoms with Crippen LogP contribution in [-0.4, -0.2) is 12.5 Å². The molecular formula is C3H5NO2. The lowest BCUT2D eigenvalue weighted by molar-refractivity contribution is -0.795. The molecule has 1 amide bonds. The minimum Gasteiger partial charge on any atom is -0.627 e. The van der Waals surface area contributed by atoms with Gasteiger partial charge in [0.1, 0.15) is 6.42 Å². The fraction of sp³-hybridized carbons (Fsp3) is 0.667. The molecular weight excluding hydrogens is 82.0 g/mol. The highest BCUT2D eigenvalue weighted by Gasteiger charge is 2.21. The lowest BCUT2D eigenvalue weighted by Crippen LogP contribution is -3.16. The minimum atomic E-state index is -0.199. The molecule has 0 saturated carbocycles. The molecule has 0 aliphatic carbocycles. The van der Waals surface area contributed by atoms with E-state index >= 15 is 0 Å². The maximum Gasteiger partial charge on any atom is 0.317 e. The van der Waals surface area contributed by atoms with Gasteiger partial charge in [-0.1, -0.05) is 0 Å². The van der Waals surface area contributed by atoms with Gasteiger partial charge in [-0.25, -0.2) is 4.79 Å². The van der Waals surface area contributed by atoms with Gasteiger partial charge in [0.25, 0.3) is 0 Å². The number of β-lactam (4-membered cyclic amide) rings is 1. The Morgan fingerprint density at radius 2 is 2.33 bits per heavy atom. The van der Waals surface area contributed by atoms with Gasteiger partial charge in [-0.15, -0.1) is 0 Å². The van der Waals surface area contributed by atoms with Gasteiger partial charge in [0.2, 0.25) is 0 Å². The van der Waals surface area contributed by atoms with E-state index in [9.17, 15) is 10.0 Å². The van der Waals surface area contributed by atoms with E-state index in [0.29, 0.717) is 13.0 Å². The van der Waals surface area contributed by atoms with Crippen molar-refractivity contribution in [2.24, 2.45) is 0 Å². The second-order valence-electron chi connectivity index (χ2n) is 1.35. The molecule has 0 spiro atoms. The van der Waals surface area contributed by atoms with Crippen molar-refractivity contribution in [3.05, 3.63) is 5.21 Å².